The number of rotatable bonds is 4. The number of aromatic carboxylic acids is 1. The predicted octanol–water partition coefficient (Wildman–Crippen LogP) is 3.01. The van der Waals surface area contributed by atoms with Gasteiger partial charge in [0.05, 0.1) is 10.5 Å². The number of carboxylic acid groups (broad SMARTS) is 1. The smallest absolute Gasteiger partial charge is 0.335 e. The molecule has 0 radical (unpaired) electrons. The highest BCUT2D eigenvalue weighted by atomic mass is 16.6. The summed E-state index contributed by atoms with van der Waals surface area (Å²) < 4.78 is 5.46. The lowest BCUT2D eigenvalue weighted by Crippen LogP contribution is -1.95. The molecule has 1 N–H and O–H groups in total. The molecule has 114 valence electrons. The van der Waals surface area contributed by atoms with E-state index in [1.54, 1.807) is 18.2 Å². The monoisotopic (exact) mass is 311 g/mol. The molecule has 0 aliphatic heterocycles. The average molecular weight is 311 g/mol. The number of aromatic nitrogens is 2. The molecule has 0 aliphatic carbocycles. The highest BCUT2D eigenvalue weighted by molar-refractivity contribution is 5.89. The van der Waals surface area contributed by atoms with E-state index in [-0.39, 0.29) is 28.6 Å². The van der Waals surface area contributed by atoms with Crippen molar-refractivity contribution in [3.8, 4) is 22.9 Å². The number of carboxylic acids is 1. The van der Waals surface area contributed by atoms with Crippen LogP contribution in [0.4, 0.5) is 5.69 Å². The van der Waals surface area contributed by atoms with Crippen LogP contribution in [0.3, 0.4) is 0 Å². The molecular formula is C15H9N3O5. The molecule has 0 aliphatic rings. The second-order valence-corrected chi connectivity index (χ2v) is 4.57. The molecule has 0 unspecified atom stereocenters. The Balaban J connectivity index is 2.03. The summed E-state index contributed by atoms with van der Waals surface area (Å²) in [5.74, 6) is -1.00. The molecule has 23 heavy (non-hydrogen) atoms. The third-order valence-electron chi connectivity index (χ3n) is 3.11. The van der Waals surface area contributed by atoms with Crippen LogP contribution in [0.5, 0.6) is 0 Å². The van der Waals surface area contributed by atoms with Gasteiger partial charge in [0, 0.05) is 11.6 Å². The topological polar surface area (TPSA) is 119 Å². The van der Waals surface area contributed by atoms with Crippen molar-refractivity contribution in [1.82, 2.24) is 10.2 Å². The highest BCUT2D eigenvalue weighted by Gasteiger charge is 2.20. The van der Waals surface area contributed by atoms with E-state index in [1.165, 1.54) is 30.3 Å². The van der Waals surface area contributed by atoms with E-state index < -0.39 is 10.9 Å². The number of para-hydroxylation sites is 1. The molecule has 0 saturated heterocycles. The third-order valence-corrected chi connectivity index (χ3v) is 3.11. The van der Waals surface area contributed by atoms with Crippen LogP contribution in [0.15, 0.2) is 52.9 Å². The van der Waals surface area contributed by atoms with Crippen LogP contribution in [0.25, 0.3) is 22.9 Å². The van der Waals surface area contributed by atoms with Gasteiger partial charge < -0.3 is 9.52 Å². The van der Waals surface area contributed by atoms with E-state index in [0.29, 0.717) is 5.56 Å². The minimum Gasteiger partial charge on any atom is -0.478 e. The lowest BCUT2D eigenvalue weighted by molar-refractivity contribution is -0.384. The summed E-state index contributed by atoms with van der Waals surface area (Å²) in [5, 5.41) is 27.7. The van der Waals surface area contributed by atoms with Crippen molar-refractivity contribution < 1.29 is 19.2 Å². The number of hydrogen-bond acceptors (Lipinski definition) is 6. The Hall–Kier alpha value is -3.55. The SMILES string of the molecule is O=C(O)c1cccc(-c2nnc(-c3ccccc3[N+](=O)[O-])o2)c1. The van der Waals surface area contributed by atoms with Crippen molar-refractivity contribution in [3.05, 3.63) is 64.2 Å². The fourth-order valence-corrected chi connectivity index (χ4v) is 2.05. The summed E-state index contributed by atoms with van der Waals surface area (Å²) in [6.07, 6.45) is 0. The molecule has 0 atom stereocenters. The van der Waals surface area contributed by atoms with Gasteiger partial charge in [0.15, 0.2) is 0 Å². The molecular weight excluding hydrogens is 302 g/mol. The Morgan fingerprint density at radius 2 is 1.83 bits per heavy atom. The second kappa shape index (κ2) is 5.68. The molecule has 0 bridgehead atoms. The Kier molecular flexibility index (Phi) is 3.55. The third kappa shape index (κ3) is 2.77. The Labute approximate surface area is 129 Å². The van der Waals surface area contributed by atoms with Crippen LogP contribution in [-0.2, 0) is 0 Å². The van der Waals surface area contributed by atoms with Crippen LogP contribution in [0.2, 0.25) is 0 Å². The van der Waals surface area contributed by atoms with E-state index in [4.69, 9.17) is 9.52 Å². The zero-order chi connectivity index (χ0) is 16.4. The van der Waals surface area contributed by atoms with Crippen molar-refractivity contribution in [1.29, 1.82) is 0 Å². The van der Waals surface area contributed by atoms with Crippen molar-refractivity contribution in [3.63, 3.8) is 0 Å². The normalized spacial score (nSPS) is 10.4. The molecule has 3 aromatic rings. The van der Waals surface area contributed by atoms with Crippen LogP contribution in [0, 0.1) is 10.1 Å². The lowest BCUT2D eigenvalue weighted by atomic mass is 10.1. The maximum Gasteiger partial charge on any atom is 0.335 e. The summed E-state index contributed by atoms with van der Waals surface area (Å²) in [5.41, 5.74) is 0.544. The second-order valence-electron chi connectivity index (χ2n) is 4.57. The van der Waals surface area contributed by atoms with Crippen LogP contribution < -0.4 is 0 Å². The number of carbonyl (C=O) groups is 1. The number of nitro groups is 1. The molecule has 3 rings (SSSR count). The Morgan fingerprint density at radius 3 is 2.57 bits per heavy atom. The first kappa shape index (κ1) is 14.4. The average Bonchev–Trinajstić information content (AvgIpc) is 3.05. The van der Waals surface area contributed by atoms with Gasteiger partial charge in [-0.05, 0) is 24.3 Å². The van der Waals surface area contributed by atoms with E-state index in [2.05, 4.69) is 10.2 Å². The predicted molar refractivity (Wildman–Crippen MR) is 78.8 cm³/mol. The minimum atomic E-state index is -1.08. The lowest BCUT2D eigenvalue weighted by Gasteiger charge is -1.98. The molecule has 8 nitrogen and oxygen atoms in total. The standard InChI is InChI=1S/C15H9N3O5/c19-15(20)10-5-3-4-9(8-10)13-16-17-14(23-13)11-6-1-2-7-12(11)18(21)22/h1-8H,(H,19,20). The van der Waals surface area contributed by atoms with Crippen LogP contribution in [0.1, 0.15) is 10.4 Å². The van der Waals surface area contributed by atoms with Crippen molar-refractivity contribution in [2.24, 2.45) is 0 Å². The molecule has 2 aromatic carbocycles. The number of nitrogens with zero attached hydrogens (tertiary/aromatic N) is 3. The maximum atomic E-state index is 11.0. The quantitative estimate of drug-likeness (QED) is 0.580. The van der Waals surface area contributed by atoms with E-state index in [1.807, 2.05) is 0 Å². The molecule has 8 heteroatoms. The molecule has 0 spiro atoms. The summed E-state index contributed by atoms with van der Waals surface area (Å²) in [6.45, 7) is 0. The van der Waals surface area contributed by atoms with Gasteiger partial charge in [-0.15, -0.1) is 10.2 Å². The van der Waals surface area contributed by atoms with Gasteiger partial charge >= 0.3 is 5.97 Å². The van der Waals surface area contributed by atoms with Gasteiger partial charge in [-0.2, -0.15) is 0 Å². The van der Waals surface area contributed by atoms with Crippen LogP contribution >= 0.6 is 0 Å². The molecule has 1 aromatic heterocycles. The van der Waals surface area contributed by atoms with Crippen molar-refractivity contribution in [2.75, 3.05) is 0 Å². The fourth-order valence-electron chi connectivity index (χ4n) is 2.05. The summed E-state index contributed by atoms with van der Waals surface area (Å²) >= 11 is 0. The zero-order valence-corrected chi connectivity index (χ0v) is 11.5. The summed E-state index contributed by atoms with van der Waals surface area (Å²) in [6, 6.07) is 12.0. The van der Waals surface area contributed by atoms with Gasteiger partial charge in [-0.1, -0.05) is 18.2 Å². The largest absolute Gasteiger partial charge is 0.478 e. The first-order valence-electron chi connectivity index (χ1n) is 6.47. The maximum absolute atomic E-state index is 11.0. The first-order chi connectivity index (χ1) is 11.1. The Bertz CT molecular complexity index is 903. The van der Waals surface area contributed by atoms with Gasteiger partial charge in [-0.25, -0.2) is 4.79 Å². The number of benzene rings is 2. The van der Waals surface area contributed by atoms with Gasteiger partial charge in [-0.3, -0.25) is 10.1 Å². The molecule has 0 fully saturated rings. The van der Waals surface area contributed by atoms with Crippen LogP contribution in [-0.4, -0.2) is 26.2 Å². The van der Waals surface area contributed by atoms with E-state index in [9.17, 15) is 14.9 Å². The molecule has 0 amide bonds. The van der Waals surface area contributed by atoms with Gasteiger partial charge in [0.1, 0.15) is 5.56 Å². The Morgan fingerprint density at radius 1 is 1.09 bits per heavy atom. The van der Waals surface area contributed by atoms with E-state index >= 15 is 0 Å². The number of hydrogen-bond donors (Lipinski definition) is 1. The van der Waals surface area contributed by atoms with Crippen molar-refractivity contribution >= 4 is 11.7 Å². The molecule has 1 heterocycles. The summed E-state index contributed by atoms with van der Waals surface area (Å²) in [4.78, 5) is 21.5. The van der Waals surface area contributed by atoms with Gasteiger partial charge in [0.2, 0.25) is 5.89 Å². The first-order valence-corrected chi connectivity index (χ1v) is 6.47. The highest BCUT2D eigenvalue weighted by Crippen LogP contribution is 2.30. The van der Waals surface area contributed by atoms with Crippen molar-refractivity contribution in [2.45, 2.75) is 0 Å². The minimum absolute atomic E-state index is 0.00646. The zero-order valence-electron chi connectivity index (χ0n) is 11.5. The van der Waals surface area contributed by atoms with E-state index in [0.717, 1.165) is 0 Å². The summed E-state index contributed by atoms with van der Waals surface area (Å²) in [7, 11) is 0. The fraction of sp³-hybridized carbons (Fsp3) is 0. The number of nitro benzene ring substituents is 1. The molecule has 0 saturated carbocycles. The van der Waals surface area contributed by atoms with Gasteiger partial charge in [0.25, 0.3) is 11.6 Å².